The Bertz CT molecular complexity index is 452. The maximum absolute atomic E-state index is 12.4. The van der Waals surface area contributed by atoms with Crippen LogP contribution in [0.5, 0.6) is 0 Å². The van der Waals surface area contributed by atoms with Crippen molar-refractivity contribution in [3.05, 3.63) is 22.5 Å². The number of fused-ring (bicyclic) bond motifs is 1. The normalized spacial score (nSPS) is 20.2. The van der Waals surface area contributed by atoms with Gasteiger partial charge in [-0.05, 0) is 11.8 Å². The average Bonchev–Trinajstić information content (AvgIpc) is 2.66. The summed E-state index contributed by atoms with van der Waals surface area (Å²) >= 11 is 0. The van der Waals surface area contributed by atoms with Crippen molar-refractivity contribution in [1.82, 2.24) is 9.80 Å². The van der Waals surface area contributed by atoms with Crippen LogP contribution in [0.15, 0.2) is 22.5 Å². The molecule has 0 unspecified atom stereocenters. The number of carbonyl (C=O) groups is 2. The maximum Gasteiger partial charge on any atom is 0.260 e. The van der Waals surface area contributed by atoms with Gasteiger partial charge in [0.2, 0.25) is 0 Å². The lowest BCUT2D eigenvalue weighted by Crippen LogP contribution is -2.29. The highest BCUT2D eigenvalue weighted by Crippen LogP contribution is 2.42. The second kappa shape index (κ2) is 3.97. The second-order valence-corrected chi connectivity index (χ2v) is 5.56. The number of carbonyl (C=O) groups excluding carboxylic acids is 2. The van der Waals surface area contributed by atoms with E-state index < -0.39 is 0 Å². The molecule has 0 atom stereocenters. The lowest BCUT2D eigenvalue weighted by atomic mass is 10.00. The summed E-state index contributed by atoms with van der Waals surface area (Å²) in [6.45, 7) is 8.04. The first-order chi connectivity index (χ1) is 8.29. The van der Waals surface area contributed by atoms with Crippen LogP contribution in [0, 0.1) is 11.8 Å². The fraction of sp³-hybridized carbons (Fsp3) is 0.571. The third-order valence-electron chi connectivity index (χ3n) is 3.62. The van der Waals surface area contributed by atoms with Gasteiger partial charge < -0.3 is 9.80 Å². The average molecular weight is 248 g/mol. The Morgan fingerprint density at radius 3 is 1.22 bits per heavy atom. The van der Waals surface area contributed by atoms with E-state index in [1.54, 1.807) is 23.9 Å². The van der Waals surface area contributed by atoms with Gasteiger partial charge in [-0.25, -0.2) is 0 Å². The van der Waals surface area contributed by atoms with Gasteiger partial charge in [0.15, 0.2) is 0 Å². The van der Waals surface area contributed by atoms with E-state index >= 15 is 0 Å². The van der Waals surface area contributed by atoms with Gasteiger partial charge in [0.05, 0.1) is 11.1 Å². The van der Waals surface area contributed by atoms with Crippen molar-refractivity contribution >= 4 is 11.8 Å². The van der Waals surface area contributed by atoms with Gasteiger partial charge in [0.1, 0.15) is 0 Å². The maximum atomic E-state index is 12.4. The predicted molar refractivity (Wildman–Crippen MR) is 69.3 cm³/mol. The van der Waals surface area contributed by atoms with Crippen molar-refractivity contribution in [2.45, 2.75) is 27.7 Å². The number of rotatable bonds is 2. The zero-order valence-corrected chi connectivity index (χ0v) is 11.9. The molecular weight excluding hydrogens is 228 g/mol. The Morgan fingerprint density at radius 2 is 1.00 bits per heavy atom. The van der Waals surface area contributed by atoms with Crippen molar-refractivity contribution in [2.75, 3.05) is 14.1 Å². The van der Waals surface area contributed by atoms with E-state index in [2.05, 4.69) is 0 Å². The predicted octanol–water partition coefficient (Wildman–Crippen LogP) is 1.75. The summed E-state index contributed by atoms with van der Waals surface area (Å²) in [5, 5.41) is 0. The molecule has 4 heteroatoms. The molecule has 0 N–H and O–H groups in total. The van der Waals surface area contributed by atoms with E-state index in [0.29, 0.717) is 11.1 Å². The van der Waals surface area contributed by atoms with Gasteiger partial charge in [-0.3, -0.25) is 9.59 Å². The van der Waals surface area contributed by atoms with E-state index in [-0.39, 0.29) is 23.7 Å². The van der Waals surface area contributed by atoms with Gasteiger partial charge in [0.25, 0.3) is 11.8 Å². The van der Waals surface area contributed by atoms with Crippen LogP contribution in [0.4, 0.5) is 0 Å². The molecule has 0 saturated heterocycles. The van der Waals surface area contributed by atoms with Gasteiger partial charge in [0, 0.05) is 25.5 Å². The Morgan fingerprint density at radius 1 is 0.722 bits per heavy atom. The van der Waals surface area contributed by atoms with Crippen molar-refractivity contribution in [3.8, 4) is 0 Å². The molecule has 2 heterocycles. The van der Waals surface area contributed by atoms with Crippen LogP contribution in [0.3, 0.4) is 0 Å². The molecule has 4 nitrogen and oxygen atoms in total. The number of hydrogen-bond donors (Lipinski definition) is 0. The van der Waals surface area contributed by atoms with E-state index in [4.69, 9.17) is 0 Å². The van der Waals surface area contributed by atoms with Crippen LogP contribution in [-0.2, 0) is 9.59 Å². The molecule has 0 saturated carbocycles. The van der Waals surface area contributed by atoms with Crippen LogP contribution in [0.25, 0.3) is 0 Å². The number of amides is 2. The molecule has 2 rings (SSSR count). The monoisotopic (exact) mass is 248 g/mol. The molecule has 0 spiro atoms. The molecule has 0 aromatic carbocycles. The zero-order chi connectivity index (χ0) is 13.8. The van der Waals surface area contributed by atoms with Crippen molar-refractivity contribution in [2.24, 2.45) is 11.8 Å². The molecule has 18 heavy (non-hydrogen) atoms. The van der Waals surface area contributed by atoms with E-state index in [0.717, 1.165) is 11.4 Å². The van der Waals surface area contributed by atoms with Gasteiger partial charge in [-0.1, -0.05) is 27.7 Å². The molecule has 0 aliphatic carbocycles. The molecule has 0 bridgehead atoms. The van der Waals surface area contributed by atoms with Crippen LogP contribution in [-0.4, -0.2) is 35.7 Å². The molecule has 0 fully saturated rings. The van der Waals surface area contributed by atoms with Crippen LogP contribution >= 0.6 is 0 Å². The van der Waals surface area contributed by atoms with Gasteiger partial charge in [-0.15, -0.1) is 0 Å². The molecular formula is C14H20N2O2. The van der Waals surface area contributed by atoms with E-state index in [1.807, 2.05) is 27.7 Å². The quantitative estimate of drug-likeness (QED) is 0.747. The summed E-state index contributed by atoms with van der Waals surface area (Å²) in [4.78, 5) is 28.0. The molecule has 0 aromatic heterocycles. The molecule has 98 valence electrons. The first-order valence-corrected chi connectivity index (χ1v) is 6.33. The molecule has 0 aromatic rings. The van der Waals surface area contributed by atoms with Crippen LogP contribution in [0.2, 0.25) is 0 Å². The fourth-order valence-corrected chi connectivity index (χ4v) is 2.93. The largest absolute Gasteiger partial charge is 0.314 e. The van der Waals surface area contributed by atoms with Crippen LogP contribution < -0.4 is 0 Å². The minimum atomic E-state index is -0.0462. The standard InChI is InChI=1S/C14H20N2O2/c1-7(2)11-9-10(14(18)15(11)5)12(8(3)4)16(6)13(9)17/h7-8H,1-6H3. The van der Waals surface area contributed by atoms with Crippen molar-refractivity contribution in [1.29, 1.82) is 0 Å². The van der Waals surface area contributed by atoms with Gasteiger partial charge in [-0.2, -0.15) is 0 Å². The second-order valence-electron chi connectivity index (χ2n) is 5.56. The Balaban J connectivity index is 2.72. The minimum Gasteiger partial charge on any atom is -0.314 e. The highest BCUT2D eigenvalue weighted by Gasteiger charge is 2.46. The molecule has 2 aliphatic rings. The first kappa shape index (κ1) is 12.9. The summed E-state index contributed by atoms with van der Waals surface area (Å²) < 4.78 is 0. The number of allylic oxidation sites excluding steroid dienone is 2. The third kappa shape index (κ3) is 1.44. The van der Waals surface area contributed by atoms with Crippen molar-refractivity contribution in [3.63, 3.8) is 0 Å². The molecule has 2 aliphatic heterocycles. The number of likely N-dealkylation sites (N-methyl/N-ethyl adjacent to an activating group) is 2. The zero-order valence-electron chi connectivity index (χ0n) is 11.9. The van der Waals surface area contributed by atoms with Gasteiger partial charge >= 0.3 is 0 Å². The topological polar surface area (TPSA) is 40.6 Å². The fourth-order valence-electron chi connectivity index (χ4n) is 2.93. The lowest BCUT2D eigenvalue weighted by Gasteiger charge is -2.22. The summed E-state index contributed by atoms with van der Waals surface area (Å²) in [6, 6.07) is 0. The number of hydrogen-bond acceptors (Lipinski definition) is 2. The highest BCUT2D eigenvalue weighted by molar-refractivity contribution is 6.19. The highest BCUT2D eigenvalue weighted by atomic mass is 16.2. The third-order valence-corrected chi connectivity index (χ3v) is 3.62. The minimum absolute atomic E-state index is 0.0462. The van der Waals surface area contributed by atoms with Crippen molar-refractivity contribution < 1.29 is 9.59 Å². The first-order valence-electron chi connectivity index (χ1n) is 6.33. The van der Waals surface area contributed by atoms with Crippen LogP contribution in [0.1, 0.15) is 27.7 Å². The number of nitrogens with zero attached hydrogens (tertiary/aromatic N) is 2. The lowest BCUT2D eigenvalue weighted by molar-refractivity contribution is -0.123. The SMILES string of the molecule is CC(C)C1=C2C(=O)N(C)C(C(C)C)=C2C(=O)N1C. The van der Waals surface area contributed by atoms with E-state index in [9.17, 15) is 9.59 Å². The summed E-state index contributed by atoms with van der Waals surface area (Å²) in [5.74, 6) is 0.232. The Labute approximate surface area is 108 Å². The smallest absolute Gasteiger partial charge is 0.260 e. The Kier molecular flexibility index (Phi) is 2.84. The summed E-state index contributed by atoms with van der Waals surface area (Å²) in [6.07, 6.45) is 0. The summed E-state index contributed by atoms with van der Waals surface area (Å²) in [5.41, 5.74) is 2.93. The van der Waals surface area contributed by atoms with E-state index in [1.165, 1.54) is 0 Å². The molecule has 2 amide bonds. The molecule has 0 radical (unpaired) electrons. The Hall–Kier alpha value is -1.58. The summed E-state index contributed by atoms with van der Waals surface area (Å²) in [7, 11) is 3.50.